The van der Waals surface area contributed by atoms with E-state index in [-0.39, 0.29) is 5.91 Å². The second kappa shape index (κ2) is 6.28. The number of carbonyl (C=O) groups is 1. The minimum atomic E-state index is -0.535. The zero-order valence-electron chi connectivity index (χ0n) is 10.0. The van der Waals surface area contributed by atoms with Crippen molar-refractivity contribution >= 4 is 5.91 Å². The van der Waals surface area contributed by atoms with Crippen molar-refractivity contribution in [2.24, 2.45) is 5.73 Å². The van der Waals surface area contributed by atoms with Crippen LogP contribution in [0.3, 0.4) is 0 Å². The summed E-state index contributed by atoms with van der Waals surface area (Å²) in [5.74, 6) is 0.00977. The summed E-state index contributed by atoms with van der Waals surface area (Å²) in [5, 5.41) is 0. The van der Waals surface area contributed by atoms with Gasteiger partial charge < -0.3 is 10.6 Å². The molecule has 0 saturated carbocycles. The van der Waals surface area contributed by atoms with Crippen LogP contribution >= 0.6 is 0 Å². The number of rotatable bonds is 5. The Labute approximate surface area is 97.2 Å². The third-order valence-electron chi connectivity index (χ3n) is 2.61. The van der Waals surface area contributed by atoms with Crippen molar-refractivity contribution in [2.45, 2.75) is 26.3 Å². The molecule has 1 amide bonds. The minimum absolute atomic E-state index is 0.00977. The maximum absolute atomic E-state index is 12.1. The van der Waals surface area contributed by atoms with E-state index in [2.05, 4.69) is 6.92 Å². The number of carbonyl (C=O) groups excluding carboxylic acids is 1. The van der Waals surface area contributed by atoms with E-state index in [4.69, 9.17) is 5.73 Å². The van der Waals surface area contributed by atoms with E-state index in [1.807, 2.05) is 37.3 Å². The van der Waals surface area contributed by atoms with Crippen molar-refractivity contribution in [1.82, 2.24) is 4.90 Å². The van der Waals surface area contributed by atoms with E-state index in [0.29, 0.717) is 6.54 Å². The van der Waals surface area contributed by atoms with Gasteiger partial charge in [0.15, 0.2) is 0 Å². The Kier molecular flexibility index (Phi) is 4.99. The molecule has 0 spiro atoms. The molecule has 0 bridgehead atoms. The standard InChI is InChI=1S/C13H20N2O/c1-3-10-15(4-2)13(16)12(14)11-8-6-5-7-9-11/h5-9,12H,3-4,10,14H2,1-2H3/t12-/m1/s1. The molecule has 1 rings (SSSR count). The van der Waals surface area contributed by atoms with Crippen LogP contribution < -0.4 is 5.73 Å². The van der Waals surface area contributed by atoms with E-state index >= 15 is 0 Å². The highest BCUT2D eigenvalue weighted by Gasteiger charge is 2.20. The van der Waals surface area contributed by atoms with Crippen molar-refractivity contribution in [1.29, 1.82) is 0 Å². The van der Waals surface area contributed by atoms with Gasteiger partial charge in [-0.1, -0.05) is 37.3 Å². The van der Waals surface area contributed by atoms with E-state index in [1.165, 1.54) is 0 Å². The van der Waals surface area contributed by atoms with Gasteiger partial charge in [-0.3, -0.25) is 4.79 Å². The van der Waals surface area contributed by atoms with Gasteiger partial charge in [-0.05, 0) is 18.9 Å². The lowest BCUT2D eigenvalue weighted by molar-refractivity contribution is -0.132. The fourth-order valence-electron chi connectivity index (χ4n) is 1.69. The lowest BCUT2D eigenvalue weighted by Crippen LogP contribution is -2.38. The molecule has 88 valence electrons. The summed E-state index contributed by atoms with van der Waals surface area (Å²) in [4.78, 5) is 13.9. The smallest absolute Gasteiger partial charge is 0.244 e. The van der Waals surface area contributed by atoms with Crippen LogP contribution in [0.1, 0.15) is 31.9 Å². The van der Waals surface area contributed by atoms with Crippen LogP contribution in [0.5, 0.6) is 0 Å². The predicted molar refractivity (Wildman–Crippen MR) is 65.9 cm³/mol. The lowest BCUT2D eigenvalue weighted by Gasteiger charge is -2.23. The molecule has 16 heavy (non-hydrogen) atoms. The molecule has 0 saturated heterocycles. The molecule has 0 aromatic heterocycles. The van der Waals surface area contributed by atoms with Crippen LogP contribution in [0.2, 0.25) is 0 Å². The zero-order chi connectivity index (χ0) is 12.0. The van der Waals surface area contributed by atoms with Gasteiger partial charge in [-0.15, -0.1) is 0 Å². The van der Waals surface area contributed by atoms with E-state index in [0.717, 1.165) is 18.5 Å². The van der Waals surface area contributed by atoms with Crippen molar-refractivity contribution in [3.05, 3.63) is 35.9 Å². The van der Waals surface area contributed by atoms with Crippen LogP contribution in [0.4, 0.5) is 0 Å². The van der Waals surface area contributed by atoms with E-state index < -0.39 is 6.04 Å². The Morgan fingerprint density at radius 2 is 1.94 bits per heavy atom. The average molecular weight is 220 g/mol. The highest BCUT2D eigenvalue weighted by molar-refractivity contribution is 5.83. The number of amides is 1. The monoisotopic (exact) mass is 220 g/mol. The summed E-state index contributed by atoms with van der Waals surface area (Å²) in [6.45, 7) is 5.53. The summed E-state index contributed by atoms with van der Waals surface area (Å²) in [5.41, 5.74) is 6.83. The quantitative estimate of drug-likeness (QED) is 0.824. The molecular formula is C13H20N2O. The Morgan fingerprint density at radius 3 is 2.44 bits per heavy atom. The Morgan fingerprint density at radius 1 is 1.31 bits per heavy atom. The second-order valence-corrected chi connectivity index (χ2v) is 3.81. The van der Waals surface area contributed by atoms with Crippen molar-refractivity contribution < 1.29 is 4.79 Å². The van der Waals surface area contributed by atoms with Crippen molar-refractivity contribution in [3.63, 3.8) is 0 Å². The van der Waals surface area contributed by atoms with Gasteiger partial charge in [0.2, 0.25) is 5.91 Å². The molecule has 0 aliphatic carbocycles. The largest absolute Gasteiger partial charge is 0.341 e. The van der Waals surface area contributed by atoms with Crippen LogP contribution in [-0.2, 0) is 4.79 Å². The topological polar surface area (TPSA) is 46.3 Å². The summed E-state index contributed by atoms with van der Waals surface area (Å²) in [6, 6.07) is 8.97. The fourth-order valence-corrected chi connectivity index (χ4v) is 1.69. The highest BCUT2D eigenvalue weighted by Crippen LogP contribution is 2.12. The molecule has 0 heterocycles. The molecule has 2 N–H and O–H groups in total. The molecule has 0 aliphatic heterocycles. The first-order chi connectivity index (χ1) is 7.70. The van der Waals surface area contributed by atoms with E-state index in [9.17, 15) is 4.79 Å². The highest BCUT2D eigenvalue weighted by atomic mass is 16.2. The molecule has 0 radical (unpaired) electrons. The van der Waals surface area contributed by atoms with Gasteiger partial charge >= 0.3 is 0 Å². The van der Waals surface area contributed by atoms with Crippen LogP contribution in [0, 0.1) is 0 Å². The Bertz CT molecular complexity index is 324. The molecule has 3 nitrogen and oxygen atoms in total. The number of hydrogen-bond acceptors (Lipinski definition) is 2. The summed E-state index contributed by atoms with van der Waals surface area (Å²) < 4.78 is 0. The third kappa shape index (κ3) is 3.07. The molecule has 1 atom stereocenters. The number of benzene rings is 1. The maximum atomic E-state index is 12.1. The maximum Gasteiger partial charge on any atom is 0.244 e. The van der Waals surface area contributed by atoms with Crippen molar-refractivity contribution in [3.8, 4) is 0 Å². The first-order valence-electron chi connectivity index (χ1n) is 5.80. The van der Waals surface area contributed by atoms with Gasteiger partial charge in [0.25, 0.3) is 0 Å². The molecule has 1 aromatic rings. The number of likely N-dealkylation sites (N-methyl/N-ethyl adjacent to an activating group) is 1. The van der Waals surface area contributed by atoms with Gasteiger partial charge in [-0.2, -0.15) is 0 Å². The fraction of sp³-hybridized carbons (Fsp3) is 0.462. The van der Waals surface area contributed by atoms with Gasteiger partial charge in [-0.25, -0.2) is 0 Å². The molecule has 0 aliphatic rings. The van der Waals surface area contributed by atoms with Crippen LogP contribution in [0.15, 0.2) is 30.3 Å². The van der Waals surface area contributed by atoms with Gasteiger partial charge in [0.05, 0.1) is 0 Å². The zero-order valence-corrected chi connectivity index (χ0v) is 10.0. The average Bonchev–Trinajstić information content (AvgIpc) is 2.35. The second-order valence-electron chi connectivity index (χ2n) is 3.81. The van der Waals surface area contributed by atoms with Gasteiger partial charge in [0.1, 0.15) is 6.04 Å². The SMILES string of the molecule is CCCN(CC)C(=O)[C@H](N)c1ccccc1. The first-order valence-corrected chi connectivity index (χ1v) is 5.80. The molecule has 1 aromatic carbocycles. The normalized spacial score (nSPS) is 12.2. The Balaban J connectivity index is 2.73. The molecular weight excluding hydrogens is 200 g/mol. The summed E-state index contributed by atoms with van der Waals surface area (Å²) in [6.07, 6.45) is 0.959. The molecule has 0 unspecified atom stereocenters. The lowest BCUT2D eigenvalue weighted by atomic mass is 10.1. The van der Waals surface area contributed by atoms with Gasteiger partial charge in [0, 0.05) is 13.1 Å². The predicted octanol–water partition coefficient (Wildman–Crippen LogP) is 1.94. The van der Waals surface area contributed by atoms with E-state index in [1.54, 1.807) is 4.90 Å². The molecule has 0 fully saturated rings. The van der Waals surface area contributed by atoms with Crippen molar-refractivity contribution in [2.75, 3.05) is 13.1 Å². The van der Waals surface area contributed by atoms with Crippen LogP contribution in [-0.4, -0.2) is 23.9 Å². The summed E-state index contributed by atoms with van der Waals surface area (Å²) in [7, 11) is 0. The number of hydrogen-bond donors (Lipinski definition) is 1. The first kappa shape index (κ1) is 12.7. The summed E-state index contributed by atoms with van der Waals surface area (Å²) >= 11 is 0. The Hall–Kier alpha value is -1.35. The third-order valence-corrected chi connectivity index (χ3v) is 2.61. The molecule has 3 heteroatoms. The number of nitrogens with zero attached hydrogens (tertiary/aromatic N) is 1. The minimum Gasteiger partial charge on any atom is -0.341 e. The number of nitrogens with two attached hydrogens (primary N) is 1. The van der Waals surface area contributed by atoms with Crippen LogP contribution in [0.25, 0.3) is 0 Å².